The van der Waals surface area contributed by atoms with Crippen molar-refractivity contribution in [3.8, 4) is 0 Å². The smallest absolute Gasteiger partial charge is 0.187 e. The molecule has 0 bridgehead atoms. The molecule has 0 aliphatic rings. The SMILES string of the molecule is CCCCCCNCCSc1ncc(C)cn1. The van der Waals surface area contributed by atoms with Gasteiger partial charge in [-0.25, -0.2) is 9.97 Å². The standard InChI is InChI=1S/C13H23N3S/c1-3-4-5-6-7-14-8-9-17-13-15-10-12(2)11-16-13/h10-11,14H,3-9H2,1-2H3. The van der Waals surface area contributed by atoms with Crippen molar-refractivity contribution in [3.63, 3.8) is 0 Å². The third-order valence-corrected chi connectivity index (χ3v) is 3.35. The van der Waals surface area contributed by atoms with Gasteiger partial charge in [-0.3, -0.25) is 0 Å². The highest BCUT2D eigenvalue weighted by atomic mass is 32.2. The van der Waals surface area contributed by atoms with Crippen LogP contribution in [0.5, 0.6) is 0 Å². The molecule has 0 aliphatic heterocycles. The third-order valence-electron chi connectivity index (χ3n) is 2.47. The molecule has 1 rings (SSSR count). The summed E-state index contributed by atoms with van der Waals surface area (Å²) in [5.41, 5.74) is 1.11. The molecule has 1 aromatic heterocycles. The van der Waals surface area contributed by atoms with Crippen LogP contribution in [0.3, 0.4) is 0 Å². The maximum atomic E-state index is 4.26. The molecule has 0 saturated carbocycles. The molecule has 0 unspecified atom stereocenters. The minimum Gasteiger partial charge on any atom is -0.316 e. The first-order valence-corrected chi connectivity index (χ1v) is 7.43. The topological polar surface area (TPSA) is 37.8 Å². The number of thioether (sulfide) groups is 1. The van der Waals surface area contributed by atoms with Crippen LogP contribution in [-0.2, 0) is 0 Å². The van der Waals surface area contributed by atoms with E-state index in [0.29, 0.717) is 0 Å². The van der Waals surface area contributed by atoms with Gasteiger partial charge < -0.3 is 5.32 Å². The first kappa shape index (κ1) is 14.5. The maximum Gasteiger partial charge on any atom is 0.187 e. The van der Waals surface area contributed by atoms with Gasteiger partial charge in [0.15, 0.2) is 5.16 Å². The van der Waals surface area contributed by atoms with E-state index >= 15 is 0 Å². The normalized spacial score (nSPS) is 10.7. The molecule has 17 heavy (non-hydrogen) atoms. The molecule has 0 saturated heterocycles. The molecule has 1 aromatic rings. The summed E-state index contributed by atoms with van der Waals surface area (Å²) in [7, 11) is 0. The van der Waals surface area contributed by atoms with Crippen molar-refractivity contribution in [2.24, 2.45) is 0 Å². The molecule has 1 heterocycles. The van der Waals surface area contributed by atoms with E-state index in [1.807, 2.05) is 19.3 Å². The lowest BCUT2D eigenvalue weighted by Crippen LogP contribution is -2.18. The molecular formula is C13H23N3S. The summed E-state index contributed by atoms with van der Waals surface area (Å²) in [6.45, 7) is 6.42. The Labute approximate surface area is 109 Å². The number of aryl methyl sites for hydroxylation is 1. The maximum absolute atomic E-state index is 4.26. The Kier molecular flexibility index (Phi) is 8.01. The third kappa shape index (κ3) is 7.34. The van der Waals surface area contributed by atoms with Gasteiger partial charge in [-0.1, -0.05) is 37.9 Å². The Bertz CT molecular complexity index is 287. The van der Waals surface area contributed by atoms with Crippen molar-refractivity contribution in [3.05, 3.63) is 18.0 Å². The molecule has 0 radical (unpaired) electrons. The molecule has 0 aromatic carbocycles. The van der Waals surface area contributed by atoms with E-state index in [4.69, 9.17) is 0 Å². The van der Waals surface area contributed by atoms with Crippen LogP contribution in [0.2, 0.25) is 0 Å². The fourth-order valence-corrected chi connectivity index (χ4v) is 2.15. The Morgan fingerprint density at radius 3 is 2.59 bits per heavy atom. The van der Waals surface area contributed by atoms with Gasteiger partial charge >= 0.3 is 0 Å². The van der Waals surface area contributed by atoms with Gasteiger partial charge in [0.1, 0.15) is 0 Å². The fraction of sp³-hybridized carbons (Fsp3) is 0.692. The van der Waals surface area contributed by atoms with Crippen LogP contribution in [-0.4, -0.2) is 28.8 Å². The highest BCUT2D eigenvalue weighted by Gasteiger charge is 1.96. The molecule has 0 fully saturated rings. The molecule has 0 spiro atoms. The van der Waals surface area contributed by atoms with Crippen LogP contribution in [0.4, 0.5) is 0 Å². The van der Waals surface area contributed by atoms with E-state index in [-0.39, 0.29) is 0 Å². The van der Waals surface area contributed by atoms with Gasteiger partial charge in [-0.05, 0) is 25.5 Å². The van der Waals surface area contributed by atoms with E-state index in [9.17, 15) is 0 Å². The summed E-state index contributed by atoms with van der Waals surface area (Å²) in [6, 6.07) is 0. The summed E-state index contributed by atoms with van der Waals surface area (Å²) < 4.78 is 0. The van der Waals surface area contributed by atoms with Crippen molar-refractivity contribution < 1.29 is 0 Å². The lowest BCUT2D eigenvalue weighted by molar-refractivity contribution is 0.612. The predicted octanol–water partition coefficient (Wildman–Crippen LogP) is 3.05. The van der Waals surface area contributed by atoms with Crippen LogP contribution >= 0.6 is 11.8 Å². The van der Waals surface area contributed by atoms with Gasteiger partial charge in [0, 0.05) is 24.7 Å². The Balaban J connectivity index is 1.95. The molecular weight excluding hydrogens is 230 g/mol. The Morgan fingerprint density at radius 2 is 1.88 bits per heavy atom. The average Bonchev–Trinajstić information content (AvgIpc) is 2.35. The zero-order chi connectivity index (χ0) is 12.3. The number of nitrogens with one attached hydrogen (secondary N) is 1. The lowest BCUT2D eigenvalue weighted by Gasteiger charge is -2.03. The quantitative estimate of drug-likeness (QED) is 0.417. The summed E-state index contributed by atoms with van der Waals surface area (Å²) >= 11 is 1.71. The highest BCUT2D eigenvalue weighted by molar-refractivity contribution is 7.99. The van der Waals surface area contributed by atoms with Crippen molar-refractivity contribution in [1.29, 1.82) is 0 Å². The minimum atomic E-state index is 0.878. The number of nitrogens with zero attached hydrogens (tertiary/aromatic N) is 2. The summed E-state index contributed by atoms with van der Waals surface area (Å²) in [5.74, 6) is 1.04. The molecule has 0 atom stereocenters. The van der Waals surface area contributed by atoms with E-state index in [2.05, 4.69) is 22.2 Å². The first-order chi connectivity index (χ1) is 8.33. The molecule has 0 amide bonds. The van der Waals surface area contributed by atoms with Gasteiger partial charge in [-0.15, -0.1) is 0 Å². The van der Waals surface area contributed by atoms with Crippen molar-refractivity contribution in [1.82, 2.24) is 15.3 Å². The van der Waals surface area contributed by atoms with Crippen molar-refractivity contribution >= 4 is 11.8 Å². The zero-order valence-electron chi connectivity index (χ0n) is 10.9. The molecule has 1 N–H and O–H groups in total. The van der Waals surface area contributed by atoms with Gasteiger partial charge in [0.2, 0.25) is 0 Å². The van der Waals surface area contributed by atoms with Crippen LogP contribution in [0.1, 0.15) is 38.2 Å². The average molecular weight is 253 g/mol. The Morgan fingerprint density at radius 1 is 1.12 bits per heavy atom. The number of hydrogen-bond donors (Lipinski definition) is 1. The van der Waals surface area contributed by atoms with Crippen LogP contribution in [0, 0.1) is 6.92 Å². The van der Waals surface area contributed by atoms with Gasteiger partial charge in [0.25, 0.3) is 0 Å². The summed E-state index contributed by atoms with van der Waals surface area (Å²) in [4.78, 5) is 8.52. The van der Waals surface area contributed by atoms with Crippen molar-refractivity contribution in [2.75, 3.05) is 18.8 Å². The van der Waals surface area contributed by atoms with Crippen LogP contribution < -0.4 is 5.32 Å². The molecule has 96 valence electrons. The second-order valence-electron chi connectivity index (χ2n) is 4.20. The van der Waals surface area contributed by atoms with Crippen LogP contribution in [0.15, 0.2) is 17.6 Å². The minimum absolute atomic E-state index is 0.878. The van der Waals surface area contributed by atoms with E-state index in [1.54, 1.807) is 11.8 Å². The first-order valence-electron chi connectivity index (χ1n) is 6.45. The highest BCUT2D eigenvalue weighted by Crippen LogP contribution is 2.10. The van der Waals surface area contributed by atoms with E-state index in [0.717, 1.165) is 29.6 Å². The number of aromatic nitrogens is 2. The fourth-order valence-electron chi connectivity index (χ4n) is 1.47. The largest absolute Gasteiger partial charge is 0.316 e. The molecule has 4 heteroatoms. The summed E-state index contributed by atoms with van der Waals surface area (Å²) in [5, 5.41) is 4.33. The van der Waals surface area contributed by atoms with Crippen LogP contribution in [0.25, 0.3) is 0 Å². The molecule has 0 aliphatic carbocycles. The number of unbranched alkanes of at least 4 members (excludes halogenated alkanes) is 3. The molecule has 3 nitrogen and oxygen atoms in total. The van der Waals surface area contributed by atoms with E-state index < -0.39 is 0 Å². The van der Waals surface area contributed by atoms with Gasteiger partial charge in [0.05, 0.1) is 0 Å². The monoisotopic (exact) mass is 253 g/mol. The van der Waals surface area contributed by atoms with Crippen molar-refractivity contribution in [2.45, 2.75) is 44.7 Å². The zero-order valence-corrected chi connectivity index (χ0v) is 11.7. The number of hydrogen-bond acceptors (Lipinski definition) is 4. The second kappa shape index (κ2) is 9.42. The second-order valence-corrected chi connectivity index (χ2v) is 5.26. The van der Waals surface area contributed by atoms with Gasteiger partial charge in [-0.2, -0.15) is 0 Å². The Hall–Kier alpha value is -0.610. The lowest BCUT2D eigenvalue weighted by atomic mass is 10.2. The number of rotatable bonds is 9. The summed E-state index contributed by atoms with van der Waals surface area (Å²) in [6.07, 6.45) is 9.03. The predicted molar refractivity (Wildman–Crippen MR) is 74.5 cm³/mol. The van der Waals surface area contributed by atoms with E-state index in [1.165, 1.54) is 25.7 Å².